The quantitative estimate of drug-likeness (QED) is 0.429. The Balaban J connectivity index is 1.26. The third-order valence-electron chi connectivity index (χ3n) is 7.54. The van der Waals surface area contributed by atoms with E-state index in [4.69, 9.17) is 11.6 Å². The predicted octanol–water partition coefficient (Wildman–Crippen LogP) is 5.32. The van der Waals surface area contributed by atoms with Crippen molar-refractivity contribution in [1.29, 1.82) is 0 Å². The summed E-state index contributed by atoms with van der Waals surface area (Å²) in [5.41, 5.74) is 0.788. The Kier molecular flexibility index (Phi) is 6.34. The smallest absolute Gasteiger partial charge is 0.255 e. The van der Waals surface area contributed by atoms with Gasteiger partial charge in [-0.1, -0.05) is 17.7 Å². The van der Waals surface area contributed by atoms with Crippen molar-refractivity contribution in [2.75, 3.05) is 5.32 Å². The van der Waals surface area contributed by atoms with Crippen molar-refractivity contribution in [3.63, 3.8) is 0 Å². The summed E-state index contributed by atoms with van der Waals surface area (Å²) in [7, 11) is 0. The SMILES string of the molecule is O=C(Nc1ccc(F)c(F)c1)c1ccc(Cl)c(CC2CC3CC(C2)C3(O)C(O)c2cccnc2)c1. The number of amides is 1. The van der Waals surface area contributed by atoms with E-state index in [2.05, 4.69) is 10.3 Å². The lowest BCUT2D eigenvalue weighted by Gasteiger charge is -2.60. The number of benzene rings is 2. The second-order valence-electron chi connectivity index (χ2n) is 9.64. The zero-order chi connectivity index (χ0) is 24.7. The summed E-state index contributed by atoms with van der Waals surface area (Å²) < 4.78 is 26.6. The number of carbonyl (C=O) groups excluding carboxylic acids is 1. The van der Waals surface area contributed by atoms with E-state index in [0.717, 1.165) is 37.0 Å². The first-order valence-corrected chi connectivity index (χ1v) is 12.0. The van der Waals surface area contributed by atoms with Gasteiger partial charge in [0.1, 0.15) is 11.7 Å². The van der Waals surface area contributed by atoms with E-state index in [1.807, 2.05) is 0 Å². The van der Waals surface area contributed by atoms with Crippen molar-refractivity contribution in [3.8, 4) is 0 Å². The van der Waals surface area contributed by atoms with Gasteiger partial charge in [0.05, 0.1) is 0 Å². The van der Waals surface area contributed by atoms with Crippen molar-refractivity contribution >= 4 is 23.2 Å². The lowest BCUT2D eigenvalue weighted by Crippen LogP contribution is -2.63. The zero-order valence-electron chi connectivity index (χ0n) is 18.8. The molecule has 3 unspecified atom stereocenters. The van der Waals surface area contributed by atoms with Crippen LogP contribution in [0.4, 0.5) is 14.5 Å². The van der Waals surface area contributed by atoms with Gasteiger partial charge in [0.15, 0.2) is 11.6 Å². The largest absolute Gasteiger partial charge is 0.386 e. The number of aromatic nitrogens is 1. The van der Waals surface area contributed by atoms with E-state index < -0.39 is 29.2 Å². The van der Waals surface area contributed by atoms with Crippen LogP contribution in [-0.2, 0) is 6.42 Å². The Morgan fingerprint density at radius 3 is 2.57 bits per heavy atom. The second-order valence-corrected chi connectivity index (χ2v) is 10.0. The molecular weight excluding hydrogens is 474 g/mol. The molecule has 3 fully saturated rings. The van der Waals surface area contributed by atoms with Gasteiger partial charge in [-0.15, -0.1) is 0 Å². The fourth-order valence-corrected chi connectivity index (χ4v) is 5.94. The summed E-state index contributed by atoms with van der Waals surface area (Å²) in [6, 6.07) is 11.7. The van der Waals surface area contributed by atoms with E-state index in [1.165, 1.54) is 6.07 Å². The van der Waals surface area contributed by atoms with E-state index in [0.29, 0.717) is 22.6 Å². The van der Waals surface area contributed by atoms with E-state index >= 15 is 0 Å². The molecule has 3 aliphatic carbocycles. The Morgan fingerprint density at radius 1 is 1.11 bits per heavy atom. The molecule has 3 aromatic rings. The topological polar surface area (TPSA) is 82.5 Å². The Labute approximate surface area is 206 Å². The number of rotatable bonds is 6. The zero-order valence-corrected chi connectivity index (χ0v) is 19.6. The minimum absolute atomic E-state index is 0.0277. The second kappa shape index (κ2) is 9.30. The Hall–Kier alpha value is -2.87. The summed E-state index contributed by atoms with van der Waals surface area (Å²) in [5.74, 6) is -2.28. The van der Waals surface area contributed by atoms with E-state index in [-0.39, 0.29) is 23.4 Å². The van der Waals surface area contributed by atoms with Crippen LogP contribution in [0.25, 0.3) is 0 Å². The molecule has 1 aromatic heterocycles. The predicted molar refractivity (Wildman–Crippen MR) is 128 cm³/mol. The summed E-state index contributed by atoms with van der Waals surface area (Å²) in [6.07, 6.45) is 5.23. The highest BCUT2D eigenvalue weighted by Gasteiger charge is 2.61. The average Bonchev–Trinajstić information content (AvgIpc) is 2.87. The van der Waals surface area contributed by atoms with Gasteiger partial charge in [-0.05, 0) is 85.4 Å². The Bertz CT molecular complexity index is 1240. The van der Waals surface area contributed by atoms with Gasteiger partial charge in [-0.3, -0.25) is 9.78 Å². The van der Waals surface area contributed by atoms with Crippen LogP contribution < -0.4 is 5.32 Å². The molecule has 0 radical (unpaired) electrons. The highest BCUT2D eigenvalue weighted by molar-refractivity contribution is 6.31. The molecule has 5 nitrogen and oxygen atoms in total. The van der Waals surface area contributed by atoms with Crippen LogP contribution in [0.15, 0.2) is 60.9 Å². The summed E-state index contributed by atoms with van der Waals surface area (Å²) in [6.45, 7) is 0. The maximum atomic E-state index is 13.5. The monoisotopic (exact) mass is 498 g/mol. The molecule has 2 aromatic carbocycles. The van der Waals surface area contributed by atoms with Crippen LogP contribution in [0.1, 0.15) is 46.9 Å². The van der Waals surface area contributed by atoms with Crippen molar-refractivity contribution < 1.29 is 23.8 Å². The average molecular weight is 499 g/mol. The number of aliphatic hydroxyl groups excluding tert-OH is 1. The minimum atomic E-state index is -1.16. The molecule has 35 heavy (non-hydrogen) atoms. The molecular formula is C27H25ClF2N2O3. The third-order valence-corrected chi connectivity index (χ3v) is 7.91. The number of nitrogens with zero attached hydrogens (tertiary/aromatic N) is 1. The van der Waals surface area contributed by atoms with Crippen LogP contribution in [-0.4, -0.2) is 26.7 Å². The fourth-order valence-electron chi connectivity index (χ4n) is 5.74. The highest BCUT2D eigenvalue weighted by Crippen LogP contribution is 2.60. The third kappa shape index (κ3) is 4.44. The minimum Gasteiger partial charge on any atom is -0.386 e. The maximum Gasteiger partial charge on any atom is 0.255 e. The standard InChI is InChI=1S/C27H25ClF2N2O3/c28-22-5-3-16(26(34)32-21-4-6-23(29)24(30)13-21)11-18(22)8-15-9-19-12-20(10-15)27(19,35)25(33)17-2-1-7-31-14-17/h1-7,11,13-15,19-20,25,33,35H,8-10,12H2,(H,32,34). The number of hydrogen-bond acceptors (Lipinski definition) is 4. The molecule has 8 heteroatoms. The number of nitrogens with one attached hydrogen (secondary N) is 1. The molecule has 0 aliphatic heterocycles. The van der Waals surface area contributed by atoms with Gasteiger partial charge in [0.25, 0.3) is 5.91 Å². The number of pyridine rings is 1. The van der Waals surface area contributed by atoms with Crippen molar-refractivity contribution in [3.05, 3.63) is 94.3 Å². The molecule has 3 atom stereocenters. The lowest BCUT2D eigenvalue weighted by molar-refractivity contribution is -0.244. The van der Waals surface area contributed by atoms with Crippen molar-refractivity contribution in [2.24, 2.45) is 17.8 Å². The molecule has 3 N–H and O–H groups in total. The number of aliphatic hydroxyl groups is 2. The summed E-state index contributed by atoms with van der Waals surface area (Å²) in [4.78, 5) is 16.7. The summed E-state index contributed by atoms with van der Waals surface area (Å²) >= 11 is 6.43. The highest BCUT2D eigenvalue weighted by atomic mass is 35.5. The number of halogens is 3. The molecule has 6 rings (SSSR count). The maximum absolute atomic E-state index is 13.5. The van der Waals surface area contributed by atoms with Gasteiger partial charge < -0.3 is 15.5 Å². The molecule has 0 saturated heterocycles. The van der Waals surface area contributed by atoms with Gasteiger partial charge in [0, 0.05) is 40.3 Å². The van der Waals surface area contributed by atoms with E-state index in [1.54, 1.807) is 42.7 Å². The molecule has 3 aliphatic rings. The van der Waals surface area contributed by atoms with Gasteiger partial charge in [-0.2, -0.15) is 0 Å². The van der Waals surface area contributed by atoms with Crippen molar-refractivity contribution in [2.45, 2.75) is 37.4 Å². The van der Waals surface area contributed by atoms with Crippen LogP contribution in [0.2, 0.25) is 5.02 Å². The van der Waals surface area contributed by atoms with Crippen LogP contribution in [0.3, 0.4) is 0 Å². The number of fused-ring (bicyclic) bond motifs is 2. The molecule has 0 spiro atoms. The number of anilines is 1. The summed E-state index contributed by atoms with van der Waals surface area (Å²) in [5, 5.41) is 25.3. The number of hydrogen-bond donors (Lipinski definition) is 3. The first kappa shape index (κ1) is 23.9. The lowest BCUT2D eigenvalue weighted by atomic mass is 9.48. The molecule has 1 heterocycles. The first-order valence-electron chi connectivity index (χ1n) is 11.6. The normalized spacial score (nSPS) is 26.0. The van der Waals surface area contributed by atoms with Crippen LogP contribution in [0.5, 0.6) is 0 Å². The van der Waals surface area contributed by atoms with Gasteiger partial charge >= 0.3 is 0 Å². The van der Waals surface area contributed by atoms with Crippen LogP contribution in [0, 0.1) is 29.4 Å². The first-order chi connectivity index (χ1) is 16.8. The van der Waals surface area contributed by atoms with Gasteiger partial charge in [0.2, 0.25) is 0 Å². The molecule has 2 bridgehead atoms. The Morgan fingerprint density at radius 2 is 1.89 bits per heavy atom. The van der Waals surface area contributed by atoms with Gasteiger partial charge in [-0.25, -0.2) is 8.78 Å². The number of carbonyl (C=O) groups is 1. The molecule has 3 saturated carbocycles. The van der Waals surface area contributed by atoms with Crippen molar-refractivity contribution in [1.82, 2.24) is 4.98 Å². The van der Waals surface area contributed by atoms with E-state index in [9.17, 15) is 23.8 Å². The fraction of sp³-hybridized carbons (Fsp3) is 0.333. The molecule has 1 amide bonds. The van der Waals surface area contributed by atoms with Crippen LogP contribution >= 0.6 is 11.6 Å². The molecule has 182 valence electrons.